The molecule has 0 atom stereocenters. The van der Waals surface area contributed by atoms with E-state index >= 15 is 0 Å². The zero-order chi connectivity index (χ0) is 17.2. The van der Waals surface area contributed by atoms with Gasteiger partial charge in [-0.2, -0.15) is 13.2 Å². The lowest BCUT2D eigenvalue weighted by molar-refractivity contribution is -0.137. The van der Waals surface area contributed by atoms with E-state index in [-0.39, 0.29) is 29.4 Å². The zero-order valence-electron chi connectivity index (χ0n) is 12.6. The molecule has 8 heteroatoms. The van der Waals surface area contributed by atoms with Crippen molar-refractivity contribution < 1.29 is 18.0 Å². The quantitative estimate of drug-likeness (QED) is 0.882. The molecule has 1 aromatic carbocycles. The van der Waals surface area contributed by atoms with E-state index in [0.29, 0.717) is 0 Å². The van der Waals surface area contributed by atoms with Gasteiger partial charge in [-0.05, 0) is 23.8 Å². The average molecular weight is 343 g/mol. The van der Waals surface area contributed by atoms with Gasteiger partial charge in [-0.3, -0.25) is 4.79 Å². The molecule has 0 aliphatic rings. The first-order valence-corrected chi connectivity index (χ1v) is 7.76. The highest BCUT2D eigenvalue weighted by atomic mass is 32.1. The van der Waals surface area contributed by atoms with Gasteiger partial charge in [0.15, 0.2) is 0 Å². The van der Waals surface area contributed by atoms with Crippen LogP contribution in [0.1, 0.15) is 46.4 Å². The second-order valence-electron chi connectivity index (χ2n) is 5.30. The molecule has 0 fully saturated rings. The van der Waals surface area contributed by atoms with E-state index in [2.05, 4.69) is 10.3 Å². The number of nitrogens with two attached hydrogens (primary N) is 1. The third-order valence-electron chi connectivity index (χ3n) is 3.06. The normalized spacial score (nSPS) is 11.8. The molecule has 1 amide bonds. The SMILES string of the molecule is CC(C)c1nc(C(=O)Nc2cc(CN)cc(C(F)(F)F)c2)cs1. The standard InChI is InChI=1S/C15H16F3N3OS/c1-8(2)14-21-12(7-23-14)13(22)20-11-4-9(6-19)3-10(5-11)15(16,17)18/h3-5,7-8H,6,19H2,1-2H3,(H,20,22). The molecule has 3 N–H and O–H groups in total. The van der Waals surface area contributed by atoms with E-state index in [0.717, 1.165) is 17.1 Å². The number of alkyl halides is 3. The molecule has 0 saturated carbocycles. The molecule has 0 unspecified atom stereocenters. The van der Waals surface area contributed by atoms with Crippen molar-refractivity contribution >= 4 is 22.9 Å². The van der Waals surface area contributed by atoms with Gasteiger partial charge >= 0.3 is 6.18 Å². The Morgan fingerprint density at radius 1 is 1.35 bits per heavy atom. The molecule has 1 aromatic heterocycles. The van der Waals surface area contributed by atoms with Crippen molar-refractivity contribution in [3.8, 4) is 0 Å². The highest BCUT2D eigenvalue weighted by Crippen LogP contribution is 2.32. The van der Waals surface area contributed by atoms with Crippen LogP contribution in [0.5, 0.6) is 0 Å². The number of aromatic nitrogens is 1. The second kappa shape index (κ2) is 6.67. The molecule has 4 nitrogen and oxygen atoms in total. The Morgan fingerprint density at radius 2 is 2.04 bits per heavy atom. The number of anilines is 1. The van der Waals surface area contributed by atoms with Crippen molar-refractivity contribution in [1.82, 2.24) is 4.98 Å². The molecule has 0 aliphatic carbocycles. The van der Waals surface area contributed by atoms with Crippen molar-refractivity contribution in [3.05, 3.63) is 45.4 Å². The van der Waals surface area contributed by atoms with E-state index in [1.54, 1.807) is 5.38 Å². The molecule has 0 spiro atoms. The van der Waals surface area contributed by atoms with Crippen LogP contribution in [0, 0.1) is 0 Å². The largest absolute Gasteiger partial charge is 0.416 e. The monoisotopic (exact) mass is 343 g/mol. The maximum absolute atomic E-state index is 12.9. The summed E-state index contributed by atoms with van der Waals surface area (Å²) >= 11 is 1.34. The fourth-order valence-electron chi connectivity index (χ4n) is 1.90. The van der Waals surface area contributed by atoms with Crippen LogP contribution in [-0.2, 0) is 12.7 Å². The summed E-state index contributed by atoms with van der Waals surface area (Å²) in [6, 6.07) is 3.27. The molecule has 0 aliphatic heterocycles. The maximum atomic E-state index is 12.9. The Labute approximate surface area is 135 Å². The van der Waals surface area contributed by atoms with Crippen LogP contribution in [0.4, 0.5) is 18.9 Å². The van der Waals surface area contributed by atoms with Crippen molar-refractivity contribution in [2.75, 3.05) is 5.32 Å². The van der Waals surface area contributed by atoms with Crippen LogP contribution < -0.4 is 11.1 Å². The third kappa shape index (κ3) is 4.29. The van der Waals surface area contributed by atoms with Crippen LogP contribution in [0.3, 0.4) is 0 Å². The molecular formula is C15H16F3N3OS. The summed E-state index contributed by atoms with van der Waals surface area (Å²) in [5.41, 5.74) is 5.09. The Kier molecular flexibility index (Phi) is 5.06. The van der Waals surface area contributed by atoms with Crippen molar-refractivity contribution in [1.29, 1.82) is 0 Å². The van der Waals surface area contributed by atoms with Gasteiger partial charge in [0.1, 0.15) is 5.69 Å². The summed E-state index contributed by atoms with van der Waals surface area (Å²) in [5, 5.41) is 4.83. The van der Waals surface area contributed by atoms with Gasteiger partial charge in [-0.1, -0.05) is 13.8 Å². The van der Waals surface area contributed by atoms with E-state index in [1.165, 1.54) is 17.4 Å². The highest BCUT2D eigenvalue weighted by Gasteiger charge is 2.31. The topological polar surface area (TPSA) is 68.0 Å². The first kappa shape index (κ1) is 17.4. The summed E-state index contributed by atoms with van der Waals surface area (Å²) in [7, 11) is 0. The molecule has 0 saturated heterocycles. The van der Waals surface area contributed by atoms with Gasteiger partial charge in [0.2, 0.25) is 0 Å². The van der Waals surface area contributed by atoms with E-state index in [4.69, 9.17) is 5.73 Å². The van der Waals surface area contributed by atoms with Gasteiger partial charge in [0.25, 0.3) is 5.91 Å². The minimum absolute atomic E-state index is 0.0457. The molecule has 124 valence electrons. The Bertz CT molecular complexity index is 710. The van der Waals surface area contributed by atoms with Gasteiger partial charge in [-0.15, -0.1) is 11.3 Å². The number of carbonyl (C=O) groups excluding carboxylic acids is 1. The molecule has 2 aromatic rings. The van der Waals surface area contributed by atoms with Gasteiger partial charge in [0.05, 0.1) is 10.6 Å². The summed E-state index contributed by atoms with van der Waals surface area (Å²) < 4.78 is 38.6. The van der Waals surface area contributed by atoms with Gasteiger partial charge < -0.3 is 11.1 Å². The number of halogens is 3. The average Bonchev–Trinajstić information content (AvgIpc) is 2.96. The minimum atomic E-state index is -4.50. The fourth-order valence-corrected chi connectivity index (χ4v) is 2.71. The van der Waals surface area contributed by atoms with Crippen molar-refractivity contribution in [2.45, 2.75) is 32.5 Å². The van der Waals surface area contributed by atoms with Crippen LogP contribution in [0.25, 0.3) is 0 Å². The van der Waals surface area contributed by atoms with Crippen molar-refractivity contribution in [2.24, 2.45) is 5.73 Å². The lowest BCUT2D eigenvalue weighted by Crippen LogP contribution is -2.15. The maximum Gasteiger partial charge on any atom is 0.416 e. The van der Waals surface area contributed by atoms with Crippen LogP contribution in [0.15, 0.2) is 23.6 Å². The smallest absolute Gasteiger partial charge is 0.326 e. The van der Waals surface area contributed by atoms with E-state index in [1.807, 2.05) is 13.8 Å². The van der Waals surface area contributed by atoms with Crippen LogP contribution in [-0.4, -0.2) is 10.9 Å². The van der Waals surface area contributed by atoms with E-state index in [9.17, 15) is 18.0 Å². The molecule has 23 heavy (non-hydrogen) atoms. The molecule has 0 radical (unpaired) electrons. The number of hydrogen-bond donors (Lipinski definition) is 2. The van der Waals surface area contributed by atoms with Gasteiger partial charge in [0, 0.05) is 23.5 Å². The van der Waals surface area contributed by atoms with Crippen molar-refractivity contribution in [3.63, 3.8) is 0 Å². The number of nitrogens with zero attached hydrogens (tertiary/aromatic N) is 1. The number of rotatable bonds is 4. The predicted octanol–water partition coefficient (Wildman–Crippen LogP) is 4.00. The number of nitrogens with one attached hydrogen (secondary N) is 1. The second-order valence-corrected chi connectivity index (χ2v) is 6.19. The number of hydrogen-bond acceptors (Lipinski definition) is 4. The van der Waals surface area contributed by atoms with Gasteiger partial charge in [-0.25, -0.2) is 4.98 Å². The molecular weight excluding hydrogens is 327 g/mol. The Morgan fingerprint density at radius 3 is 2.57 bits per heavy atom. The first-order valence-electron chi connectivity index (χ1n) is 6.88. The molecule has 0 bridgehead atoms. The third-order valence-corrected chi connectivity index (χ3v) is 4.21. The summed E-state index contributed by atoms with van der Waals surface area (Å²) in [4.78, 5) is 16.3. The zero-order valence-corrected chi connectivity index (χ0v) is 13.4. The van der Waals surface area contributed by atoms with Crippen LogP contribution >= 0.6 is 11.3 Å². The van der Waals surface area contributed by atoms with Crippen LogP contribution in [0.2, 0.25) is 0 Å². The molecule has 1 heterocycles. The Hall–Kier alpha value is -1.93. The summed E-state index contributed by atoms with van der Waals surface area (Å²) in [5.74, 6) is -0.366. The fraction of sp³-hybridized carbons (Fsp3) is 0.333. The number of thiazole rings is 1. The number of amides is 1. The predicted molar refractivity (Wildman–Crippen MR) is 83.5 cm³/mol. The minimum Gasteiger partial charge on any atom is -0.326 e. The molecule has 2 rings (SSSR count). The lowest BCUT2D eigenvalue weighted by Gasteiger charge is -2.12. The number of benzene rings is 1. The summed E-state index contributed by atoms with van der Waals surface area (Å²) in [6.07, 6.45) is -4.50. The van der Waals surface area contributed by atoms with E-state index < -0.39 is 17.6 Å². The summed E-state index contributed by atoms with van der Waals surface area (Å²) in [6.45, 7) is 3.84. The lowest BCUT2D eigenvalue weighted by atomic mass is 10.1. The first-order chi connectivity index (χ1) is 10.7. The Balaban J connectivity index is 2.26. The number of carbonyl (C=O) groups is 1. The highest BCUT2D eigenvalue weighted by molar-refractivity contribution is 7.09.